The van der Waals surface area contributed by atoms with Crippen molar-refractivity contribution >= 4 is 29.4 Å². The molecule has 11 heteroatoms. The van der Waals surface area contributed by atoms with Gasteiger partial charge in [0.25, 0.3) is 5.69 Å². The minimum Gasteiger partial charge on any atom is -0.323 e. The zero-order valence-corrected chi connectivity index (χ0v) is 16.7. The highest BCUT2D eigenvalue weighted by Crippen LogP contribution is 2.30. The maximum absolute atomic E-state index is 12.6. The Hall–Kier alpha value is -2.79. The maximum atomic E-state index is 12.6. The van der Waals surface area contributed by atoms with Gasteiger partial charge in [0, 0.05) is 41.8 Å². The van der Waals surface area contributed by atoms with Crippen LogP contribution in [0.5, 0.6) is 0 Å². The number of benzene rings is 2. The van der Waals surface area contributed by atoms with Crippen molar-refractivity contribution in [2.45, 2.75) is 24.0 Å². The minimum absolute atomic E-state index is 0.0106. The van der Waals surface area contributed by atoms with Gasteiger partial charge < -0.3 is 10.2 Å². The summed E-state index contributed by atoms with van der Waals surface area (Å²) in [6.45, 7) is 2.90. The molecule has 2 aromatic rings. The molecule has 7 nitrogen and oxygen atoms in total. The first-order valence-electron chi connectivity index (χ1n) is 9.03. The van der Waals surface area contributed by atoms with Crippen molar-refractivity contribution < 1.29 is 22.9 Å². The van der Waals surface area contributed by atoms with E-state index < -0.39 is 16.7 Å². The Morgan fingerprint density at radius 1 is 1.13 bits per heavy atom. The summed E-state index contributed by atoms with van der Waals surface area (Å²) in [6.07, 6.45) is -4.42. The number of likely N-dealkylation sites (tertiary alicyclic amines) is 1. The SMILES string of the molecule is CC1CN(C(=O)Nc2ccc(C(F)(F)F)cc2)C[C@H]1NSc1ccc([N+](=O)[O-])cc1. The van der Waals surface area contributed by atoms with Gasteiger partial charge in [-0.1, -0.05) is 6.92 Å². The topological polar surface area (TPSA) is 87.5 Å². The number of non-ortho nitro benzene ring substituents is 1. The van der Waals surface area contributed by atoms with E-state index >= 15 is 0 Å². The van der Waals surface area contributed by atoms with E-state index in [0.717, 1.165) is 17.0 Å². The van der Waals surface area contributed by atoms with Gasteiger partial charge in [0.15, 0.2) is 0 Å². The monoisotopic (exact) mass is 440 g/mol. The van der Waals surface area contributed by atoms with E-state index in [1.807, 2.05) is 6.92 Å². The Balaban J connectivity index is 1.52. The Bertz CT molecular complexity index is 907. The van der Waals surface area contributed by atoms with Crippen LogP contribution in [0, 0.1) is 16.0 Å². The lowest BCUT2D eigenvalue weighted by atomic mass is 10.1. The fraction of sp³-hybridized carbons (Fsp3) is 0.316. The molecular weight excluding hydrogens is 421 g/mol. The van der Waals surface area contributed by atoms with E-state index in [4.69, 9.17) is 0 Å². The fourth-order valence-corrected chi connectivity index (χ4v) is 3.88. The second-order valence-corrected chi connectivity index (χ2v) is 7.88. The first-order valence-corrected chi connectivity index (χ1v) is 9.85. The van der Waals surface area contributed by atoms with Crippen LogP contribution in [0.2, 0.25) is 0 Å². The van der Waals surface area contributed by atoms with Crippen LogP contribution in [0.1, 0.15) is 12.5 Å². The van der Waals surface area contributed by atoms with Crippen LogP contribution in [-0.2, 0) is 6.18 Å². The van der Waals surface area contributed by atoms with Crippen LogP contribution in [0.4, 0.5) is 29.3 Å². The quantitative estimate of drug-likeness (QED) is 0.398. The van der Waals surface area contributed by atoms with Crippen molar-refractivity contribution in [3.05, 3.63) is 64.2 Å². The molecule has 2 amide bonds. The predicted molar refractivity (Wildman–Crippen MR) is 107 cm³/mol. The van der Waals surface area contributed by atoms with Gasteiger partial charge in [-0.05, 0) is 54.3 Å². The molecule has 2 aromatic carbocycles. The summed E-state index contributed by atoms with van der Waals surface area (Å²) in [7, 11) is 0. The molecule has 0 aromatic heterocycles. The zero-order valence-electron chi connectivity index (χ0n) is 15.8. The standard InChI is InChI=1S/C19H19F3N4O3S/c1-12-10-25(18(27)23-14-4-2-13(3-5-14)19(20,21)22)11-17(12)24-30-16-8-6-15(7-9-16)26(28)29/h2-9,12,17,24H,10-11H2,1H3,(H,23,27)/t12?,17-/m1/s1. The molecule has 0 radical (unpaired) electrons. The first kappa shape index (κ1) is 21.9. The number of alkyl halides is 3. The van der Waals surface area contributed by atoms with Crippen molar-refractivity contribution in [3.8, 4) is 0 Å². The van der Waals surface area contributed by atoms with Crippen LogP contribution in [-0.4, -0.2) is 35.0 Å². The molecule has 0 saturated carbocycles. The van der Waals surface area contributed by atoms with E-state index in [2.05, 4.69) is 10.0 Å². The summed E-state index contributed by atoms with van der Waals surface area (Å²) in [5, 5.41) is 13.3. The molecule has 2 atom stereocenters. The maximum Gasteiger partial charge on any atom is 0.416 e. The third kappa shape index (κ3) is 5.42. The molecule has 3 rings (SSSR count). The van der Waals surface area contributed by atoms with Crippen LogP contribution in [0.3, 0.4) is 0 Å². The summed E-state index contributed by atoms with van der Waals surface area (Å²) in [4.78, 5) is 25.1. The first-order chi connectivity index (χ1) is 14.1. The number of rotatable bonds is 5. The zero-order chi connectivity index (χ0) is 21.9. The molecule has 0 spiro atoms. The molecule has 1 fully saturated rings. The van der Waals surface area contributed by atoms with E-state index in [0.29, 0.717) is 13.1 Å². The molecule has 0 bridgehead atoms. The molecule has 1 saturated heterocycles. The number of nitro groups is 1. The van der Waals surface area contributed by atoms with E-state index in [-0.39, 0.29) is 29.4 Å². The Kier molecular flexibility index (Phi) is 6.52. The summed E-state index contributed by atoms with van der Waals surface area (Å²) < 4.78 is 41.2. The lowest BCUT2D eigenvalue weighted by Gasteiger charge is -2.18. The number of nitro benzene ring substituents is 1. The van der Waals surface area contributed by atoms with Gasteiger partial charge in [0.05, 0.1) is 10.5 Å². The molecule has 160 valence electrons. The van der Waals surface area contributed by atoms with Crippen LogP contribution >= 0.6 is 11.9 Å². The van der Waals surface area contributed by atoms with Gasteiger partial charge in [0.1, 0.15) is 0 Å². The van der Waals surface area contributed by atoms with E-state index in [1.54, 1.807) is 17.0 Å². The third-order valence-corrected chi connectivity index (χ3v) is 5.67. The number of hydrogen-bond acceptors (Lipinski definition) is 5. The molecule has 1 aliphatic rings. The van der Waals surface area contributed by atoms with Crippen molar-refractivity contribution in [2.24, 2.45) is 5.92 Å². The van der Waals surface area contributed by atoms with Crippen molar-refractivity contribution in [3.63, 3.8) is 0 Å². The predicted octanol–water partition coefficient (Wildman–Crippen LogP) is 4.76. The average molecular weight is 440 g/mol. The number of amides is 2. The van der Waals surface area contributed by atoms with Crippen molar-refractivity contribution in [1.29, 1.82) is 0 Å². The number of anilines is 1. The van der Waals surface area contributed by atoms with Gasteiger partial charge in [-0.25, -0.2) is 4.79 Å². The second kappa shape index (κ2) is 8.92. The number of halogens is 3. The van der Waals surface area contributed by atoms with Crippen LogP contribution < -0.4 is 10.0 Å². The Morgan fingerprint density at radius 2 is 1.77 bits per heavy atom. The average Bonchev–Trinajstić information content (AvgIpc) is 3.07. The normalized spacial score (nSPS) is 19.0. The molecule has 0 aliphatic carbocycles. The van der Waals surface area contributed by atoms with Crippen LogP contribution in [0.15, 0.2) is 53.4 Å². The molecule has 1 aliphatic heterocycles. The number of nitrogens with one attached hydrogen (secondary N) is 2. The third-order valence-electron chi connectivity index (χ3n) is 4.74. The van der Waals surface area contributed by atoms with E-state index in [9.17, 15) is 28.1 Å². The molecule has 1 unspecified atom stereocenters. The smallest absolute Gasteiger partial charge is 0.323 e. The Labute approximate surface area is 174 Å². The number of nitrogens with zero attached hydrogens (tertiary/aromatic N) is 2. The van der Waals surface area contributed by atoms with Gasteiger partial charge in [0.2, 0.25) is 0 Å². The summed E-state index contributed by atoms with van der Waals surface area (Å²) >= 11 is 1.33. The summed E-state index contributed by atoms with van der Waals surface area (Å²) in [5.74, 6) is 0.147. The highest BCUT2D eigenvalue weighted by molar-refractivity contribution is 7.97. The number of carbonyl (C=O) groups is 1. The number of urea groups is 1. The number of hydrogen-bond donors (Lipinski definition) is 2. The highest BCUT2D eigenvalue weighted by atomic mass is 32.2. The molecule has 2 N–H and O–H groups in total. The molecule has 30 heavy (non-hydrogen) atoms. The minimum atomic E-state index is -4.42. The summed E-state index contributed by atoms with van der Waals surface area (Å²) in [6, 6.07) is 10.0. The molecule has 1 heterocycles. The van der Waals surface area contributed by atoms with Crippen molar-refractivity contribution in [2.75, 3.05) is 18.4 Å². The lowest BCUT2D eigenvalue weighted by molar-refractivity contribution is -0.384. The van der Waals surface area contributed by atoms with Crippen LogP contribution in [0.25, 0.3) is 0 Å². The van der Waals surface area contributed by atoms with Crippen molar-refractivity contribution in [1.82, 2.24) is 9.62 Å². The van der Waals surface area contributed by atoms with Gasteiger partial charge >= 0.3 is 12.2 Å². The second-order valence-electron chi connectivity index (χ2n) is 6.96. The highest BCUT2D eigenvalue weighted by Gasteiger charge is 2.33. The van der Waals surface area contributed by atoms with Gasteiger partial charge in [-0.2, -0.15) is 13.2 Å². The lowest BCUT2D eigenvalue weighted by Crippen LogP contribution is -2.35. The van der Waals surface area contributed by atoms with E-state index in [1.165, 1.54) is 36.2 Å². The largest absolute Gasteiger partial charge is 0.416 e. The fourth-order valence-electron chi connectivity index (χ4n) is 3.01. The summed E-state index contributed by atoms with van der Waals surface area (Å²) in [5.41, 5.74) is -0.472. The van der Waals surface area contributed by atoms with Gasteiger partial charge in [-0.3, -0.25) is 14.8 Å². The number of carbonyl (C=O) groups excluding carboxylic acids is 1. The molecular formula is C19H19F3N4O3S. The van der Waals surface area contributed by atoms with Gasteiger partial charge in [-0.15, -0.1) is 0 Å². The Morgan fingerprint density at radius 3 is 2.33 bits per heavy atom.